The minimum atomic E-state index is -0.685. The molecule has 5 nitrogen and oxygen atoms in total. The van der Waals surface area contributed by atoms with Crippen LogP contribution in [0.1, 0.15) is 29.8 Å². The van der Waals surface area contributed by atoms with Gasteiger partial charge in [0.25, 0.3) is 0 Å². The Labute approximate surface area is 132 Å². The number of para-hydroxylation sites is 1. The van der Waals surface area contributed by atoms with Crippen molar-refractivity contribution in [3.8, 4) is 5.75 Å². The highest BCUT2D eigenvalue weighted by atomic mass is 16.5. The standard InChI is InChI=1S/C18H16O5/c1-9(2)22-17(20)14-10(3)8-12(19)16-15(14)11-6-4-5-7-13(11)23-18(16)21/h4-9,19H,1-3H3. The second-order valence-corrected chi connectivity index (χ2v) is 5.68. The van der Waals surface area contributed by atoms with Gasteiger partial charge in [0.15, 0.2) is 0 Å². The third-order valence-corrected chi connectivity index (χ3v) is 3.61. The largest absolute Gasteiger partial charge is 0.507 e. The summed E-state index contributed by atoms with van der Waals surface area (Å²) in [4.78, 5) is 24.8. The molecule has 0 bridgehead atoms. The molecule has 0 aliphatic carbocycles. The van der Waals surface area contributed by atoms with Gasteiger partial charge in [-0.3, -0.25) is 0 Å². The molecule has 0 amide bonds. The third-order valence-electron chi connectivity index (χ3n) is 3.61. The van der Waals surface area contributed by atoms with Crippen LogP contribution in [0.5, 0.6) is 5.75 Å². The van der Waals surface area contributed by atoms with Crippen molar-refractivity contribution in [1.82, 2.24) is 0 Å². The van der Waals surface area contributed by atoms with E-state index in [9.17, 15) is 14.7 Å². The molecule has 0 aliphatic rings. The zero-order valence-electron chi connectivity index (χ0n) is 13.0. The summed E-state index contributed by atoms with van der Waals surface area (Å²) in [5, 5.41) is 11.1. The van der Waals surface area contributed by atoms with Crippen molar-refractivity contribution in [3.63, 3.8) is 0 Å². The lowest BCUT2D eigenvalue weighted by molar-refractivity contribution is 0.0379. The minimum absolute atomic E-state index is 0.00925. The number of carbonyl (C=O) groups is 1. The van der Waals surface area contributed by atoms with Crippen LogP contribution in [-0.4, -0.2) is 17.2 Å². The van der Waals surface area contributed by atoms with Gasteiger partial charge in [-0.05, 0) is 38.5 Å². The van der Waals surface area contributed by atoms with Crippen LogP contribution in [0, 0.1) is 6.92 Å². The normalized spacial score (nSPS) is 11.3. The van der Waals surface area contributed by atoms with Crippen molar-refractivity contribution in [3.05, 3.63) is 51.9 Å². The van der Waals surface area contributed by atoms with E-state index in [1.807, 2.05) is 0 Å². The van der Waals surface area contributed by atoms with E-state index >= 15 is 0 Å². The first-order valence-corrected chi connectivity index (χ1v) is 7.29. The number of phenolic OH excluding ortho intramolecular Hbond substituents is 1. The van der Waals surface area contributed by atoms with E-state index in [2.05, 4.69) is 0 Å². The summed E-state index contributed by atoms with van der Waals surface area (Å²) >= 11 is 0. The van der Waals surface area contributed by atoms with E-state index < -0.39 is 11.6 Å². The van der Waals surface area contributed by atoms with Crippen molar-refractivity contribution < 1.29 is 19.1 Å². The molecule has 3 rings (SSSR count). The average molecular weight is 312 g/mol. The Bertz CT molecular complexity index is 982. The molecule has 0 atom stereocenters. The molecule has 1 N–H and O–H groups in total. The molecule has 0 aliphatic heterocycles. The molecule has 1 heterocycles. The Balaban J connectivity index is 2.53. The van der Waals surface area contributed by atoms with Crippen LogP contribution < -0.4 is 5.63 Å². The molecule has 0 saturated heterocycles. The fourth-order valence-electron chi connectivity index (χ4n) is 2.72. The zero-order chi connectivity index (χ0) is 16.7. The van der Waals surface area contributed by atoms with Crippen molar-refractivity contribution in [1.29, 1.82) is 0 Å². The number of aromatic hydroxyl groups is 1. The van der Waals surface area contributed by atoms with E-state index in [1.54, 1.807) is 45.0 Å². The Kier molecular flexibility index (Phi) is 3.56. The Morgan fingerprint density at radius 2 is 1.91 bits per heavy atom. The molecule has 0 unspecified atom stereocenters. The lowest BCUT2D eigenvalue weighted by Crippen LogP contribution is -2.15. The number of benzene rings is 2. The number of phenols is 1. The maximum atomic E-state index is 12.5. The molecule has 5 heteroatoms. The first-order valence-electron chi connectivity index (χ1n) is 7.29. The number of hydrogen-bond donors (Lipinski definition) is 1. The second kappa shape index (κ2) is 5.43. The van der Waals surface area contributed by atoms with Crippen molar-refractivity contribution >= 4 is 27.7 Å². The van der Waals surface area contributed by atoms with Crippen LogP contribution in [0.2, 0.25) is 0 Å². The van der Waals surface area contributed by atoms with Gasteiger partial charge in [-0.2, -0.15) is 0 Å². The first kappa shape index (κ1) is 15.1. The van der Waals surface area contributed by atoms with Crippen LogP contribution in [0.15, 0.2) is 39.5 Å². The van der Waals surface area contributed by atoms with E-state index in [0.29, 0.717) is 21.9 Å². The molecule has 0 radical (unpaired) electrons. The number of carbonyl (C=O) groups excluding carboxylic acids is 1. The fourth-order valence-corrected chi connectivity index (χ4v) is 2.72. The highest BCUT2D eigenvalue weighted by molar-refractivity contribution is 6.17. The van der Waals surface area contributed by atoms with Crippen molar-refractivity contribution in [2.75, 3.05) is 0 Å². The highest BCUT2D eigenvalue weighted by Crippen LogP contribution is 2.34. The summed E-state index contributed by atoms with van der Waals surface area (Å²) in [5.41, 5.74) is 0.482. The van der Waals surface area contributed by atoms with Gasteiger partial charge in [0.2, 0.25) is 0 Å². The maximum Gasteiger partial charge on any atom is 0.348 e. The number of ether oxygens (including phenoxy) is 1. The van der Waals surface area contributed by atoms with Gasteiger partial charge >= 0.3 is 11.6 Å². The summed E-state index contributed by atoms with van der Waals surface area (Å²) in [6.07, 6.45) is -0.294. The van der Waals surface area contributed by atoms with Crippen LogP contribution in [-0.2, 0) is 4.74 Å². The topological polar surface area (TPSA) is 76.7 Å². The van der Waals surface area contributed by atoms with Gasteiger partial charge in [-0.15, -0.1) is 0 Å². The molecule has 2 aromatic carbocycles. The summed E-state index contributed by atoms with van der Waals surface area (Å²) < 4.78 is 10.5. The first-order chi connectivity index (χ1) is 10.9. The van der Waals surface area contributed by atoms with E-state index in [-0.39, 0.29) is 22.8 Å². The van der Waals surface area contributed by atoms with Gasteiger partial charge in [0, 0.05) is 10.8 Å². The Morgan fingerprint density at radius 3 is 2.61 bits per heavy atom. The van der Waals surface area contributed by atoms with E-state index in [1.165, 1.54) is 6.07 Å². The van der Waals surface area contributed by atoms with Crippen LogP contribution in [0.3, 0.4) is 0 Å². The molecular formula is C18H16O5. The van der Waals surface area contributed by atoms with Crippen molar-refractivity contribution in [2.45, 2.75) is 26.9 Å². The van der Waals surface area contributed by atoms with Gasteiger partial charge in [-0.25, -0.2) is 9.59 Å². The second-order valence-electron chi connectivity index (χ2n) is 5.68. The van der Waals surface area contributed by atoms with Crippen LogP contribution in [0.4, 0.5) is 0 Å². The summed E-state index contributed by atoms with van der Waals surface area (Å²) in [5.74, 6) is -0.739. The molecular weight excluding hydrogens is 296 g/mol. The summed E-state index contributed by atoms with van der Waals surface area (Å²) in [6, 6.07) is 8.28. The monoisotopic (exact) mass is 312 g/mol. The van der Waals surface area contributed by atoms with Crippen LogP contribution in [0.25, 0.3) is 21.7 Å². The molecule has 0 fully saturated rings. The summed E-state index contributed by atoms with van der Waals surface area (Å²) in [6.45, 7) is 5.20. The molecule has 3 aromatic rings. The van der Waals surface area contributed by atoms with E-state index in [0.717, 1.165) is 0 Å². The predicted octanol–water partition coefficient (Wildman–Crippen LogP) is 3.53. The number of esters is 1. The maximum absolute atomic E-state index is 12.5. The smallest absolute Gasteiger partial charge is 0.348 e. The van der Waals surface area contributed by atoms with Crippen molar-refractivity contribution in [2.24, 2.45) is 0 Å². The molecule has 23 heavy (non-hydrogen) atoms. The molecule has 0 saturated carbocycles. The predicted molar refractivity (Wildman–Crippen MR) is 86.9 cm³/mol. The Morgan fingerprint density at radius 1 is 1.22 bits per heavy atom. The Hall–Kier alpha value is -2.82. The SMILES string of the molecule is Cc1cc(O)c2c(=O)oc3ccccc3c2c1C(=O)OC(C)C. The number of rotatable bonds is 2. The number of fused-ring (bicyclic) bond motifs is 3. The van der Waals surface area contributed by atoms with Gasteiger partial charge in [-0.1, -0.05) is 18.2 Å². The van der Waals surface area contributed by atoms with Gasteiger partial charge in [0.05, 0.1) is 11.7 Å². The third kappa shape index (κ3) is 2.44. The van der Waals surface area contributed by atoms with E-state index in [4.69, 9.17) is 9.15 Å². The zero-order valence-corrected chi connectivity index (χ0v) is 13.0. The molecule has 118 valence electrons. The lowest BCUT2D eigenvalue weighted by Gasteiger charge is -2.14. The highest BCUT2D eigenvalue weighted by Gasteiger charge is 2.23. The van der Waals surface area contributed by atoms with Gasteiger partial charge < -0.3 is 14.3 Å². The van der Waals surface area contributed by atoms with Crippen LogP contribution >= 0.6 is 0 Å². The lowest BCUT2D eigenvalue weighted by atomic mass is 9.97. The molecule has 0 spiro atoms. The number of hydrogen-bond acceptors (Lipinski definition) is 5. The van der Waals surface area contributed by atoms with Gasteiger partial charge in [0.1, 0.15) is 16.7 Å². The summed E-state index contributed by atoms with van der Waals surface area (Å²) in [7, 11) is 0. The molecule has 1 aromatic heterocycles. The fraction of sp³-hybridized carbons (Fsp3) is 0.222. The number of aryl methyl sites for hydroxylation is 1. The average Bonchev–Trinajstić information content (AvgIpc) is 2.45. The quantitative estimate of drug-likeness (QED) is 0.445. The minimum Gasteiger partial charge on any atom is -0.507 e.